The molecule has 0 bridgehead atoms. The Hall–Kier alpha value is -0.410. The Morgan fingerprint density at radius 1 is 1.47 bits per heavy atom. The van der Waals surface area contributed by atoms with Crippen molar-refractivity contribution in [2.24, 2.45) is 0 Å². The van der Waals surface area contributed by atoms with Gasteiger partial charge in [0.1, 0.15) is 4.60 Å². The van der Waals surface area contributed by atoms with E-state index < -0.39 is 0 Å². The van der Waals surface area contributed by atoms with Gasteiger partial charge in [0.05, 0.1) is 0 Å². The van der Waals surface area contributed by atoms with E-state index in [0.717, 1.165) is 4.60 Å². The van der Waals surface area contributed by atoms with E-state index in [1.807, 2.05) is 12.3 Å². The van der Waals surface area contributed by atoms with Crippen LogP contribution in [-0.4, -0.2) is 22.5 Å². The lowest BCUT2D eigenvalue weighted by atomic mass is 10.1. The minimum atomic E-state index is 0.575. The molecule has 1 saturated heterocycles. The Bertz CT molecular complexity index is 321. The van der Waals surface area contributed by atoms with Crippen LogP contribution in [0, 0.1) is 0 Å². The highest BCUT2D eigenvalue weighted by Gasteiger charge is 2.27. The number of rotatable bonds is 2. The SMILES string of the molecule is CC(C)N1CCC[C@H]1c1ccc(Br)nc1. The van der Waals surface area contributed by atoms with Gasteiger partial charge in [-0.25, -0.2) is 4.98 Å². The average Bonchev–Trinajstić information content (AvgIpc) is 2.67. The highest BCUT2D eigenvalue weighted by molar-refractivity contribution is 9.10. The van der Waals surface area contributed by atoms with Crippen molar-refractivity contribution in [3.63, 3.8) is 0 Å². The molecule has 1 aromatic rings. The van der Waals surface area contributed by atoms with E-state index in [2.05, 4.69) is 45.7 Å². The Morgan fingerprint density at radius 2 is 2.27 bits per heavy atom. The van der Waals surface area contributed by atoms with E-state index in [9.17, 15) is 0 Å². The molecule has 1 aromatic heterocycles. The van der Waals surface area contributed by atoms with E-state index in [1.54, 1.807) is 0 Å². The lowest BCUT2D eigenvalue weighted by Crippen LogP contribution is -2.30. The number of likely N-dealkylation sites (tertiary alicyclic amines) is 1. The van der Waals surface area contributed by atoms with Crippen LogP contribution in [-0.2, 0) is 0 Å². The van der Waals surface area contributed by atoms with Crippen molar-refractivity contribution in [2.75, 3.05) is 6.54 Å². The van der Waals surface area contributed by atoms with Gasteiger partial charge in [0.25, 0.3) is 0 Å². The number of pyridine rings is 1. The van der Waals surface area contributed by atoms with Gasteiger partial charge in [-0.15, -0.1) is 0 Å². The first kappa shape index (κ1) is 11.1. The molecule has 0 amide bonds. The zero-order valence-corrected chi connectivity index (χ0v) is 10.9. The molecule has 1 atom stereocenters. The summed E-state index contributed by atoms with van der Waals surface area (Å²) in [6.07, 6.45) is 4.57. The molecule has 0 aromatic carbocycles. The zero-order valence-electron chi connectivity index (χ0n) is 9.28. The Morgan fingerprint density at radius 3 is 2.87 bits per heavy atom. The fourth-order valence-corrected chi connectivity index (χ4v) is 2.58. The topological polar surface area (TPSA) is 16.1 Å². The van der Waals surface area contributed by atoms with Gasteiger partial charge in [0, 0.05) is 18.3 Å². The molecule has 15 heavy (non-hydrogen) atoms. The molecule has 2 nitrogen and oxygen atoms in total. The van der Waals surface area contributed by atoms with E-state index in [0.29, 0.717) is 12.1 Å². The summed E-state index contributed by atoms with van der Waals surface area (Å²) in [4.78, 5) is 6.87. The summed E-state index contributed by atoms with van der Waals surface area (Å²) in [6.45, 7) is 5.76. The van der Waals surface area contributed by atoms with Gasteiger partial charge < -0.3 is 0 Å². The minimum Gasteiger partial charge on any atom is -0.294 e. The molecular weight excluding hydrogens is 252 g/mol. The van der Waals surface area contributed by atoms with Crippen LogP contribution >= 0.6 is 15.9 Å². The van der Waals surface area contributed by atoms with Gasteiger partial charge in [-0.05, 0) is 60.8 Å². The number of hydrogen-bond donors (Lipinski definition) is 0. The first-order chi connectivity index (χ1) is 7.18. The maximum atomic E-state index is 4.31. The average molecular weight is 269 g/mol. The van der Waals surface area contributed by atoms with Crippen LogP contribution in [0.2, 0.25) is 0 Å². The molecule has 0 saturated carbocycles. The minimum absolute atomic E-state index is 0.575. The van der Waals surface area contributed by atoms with Crippen molar-refractivity contribution in [3.8, 4) is 0 Å². The number of halogens is 1. The van der Waals surface area contributed by atoms with Gasteiger partial charge in [-0.1, -0.05) is 6.07 Å². The monoisotopic (exact) mass is 268 g/mol. The van der Waals surface area contributed by atoms with Crippen LogP contribution in [0.1, 0.15) is 38.3 Å². The number of aromatic nitrogens is 1. The summed E-state index contributed by atoms with van der Waals surface area (Å²) in [5.41, 5.74) is 1.35. The van der Waals surface area contributed by atoms with Crippen LogP contribution in [0.4, 0.5) is 0 Å². The van der Waals surface area contributed by atoms with Crippen molar-refractivity contribution in [1.82, 2.24) is 9.88 Å². The van der Waals surface area contributed by atoms with Gasteiger partial charge in [0.15, 0.2) is 0 Å². The second-order valence-corrected chi connectivity index (χ2v) is 5.22. The number of hydrogen-bond acceptors (Lipinski definition) is 2. The predicted octanol–water partition coefficient (Wildman–Crippen LogP) is 3.39. The quantitative estimate of drug-likeness (QED) is 0.765. The van der Waals surface area contributed by atoms with Crippen molar-refractivity contribution in [1.29, 1.82) is 0 Å². The first-order valence-corrected chi connectivity index (χ1v) is 6.35. The highest BCUT2D eigenvalue weighted by Crippen LogP contribution is 2.33. The smallest absolute Gasteiger partial charge is 0.106 e. The molecule has 0 unspecified atom stereocenters. The summed E-state index contributed by atoms with van der Waals surface area (Å²) >= 11 is 3.37. The summed E-state index contributed by atoms with van der Waals surface area (Å²) in [5, 5.41) is 0. The van der Waals surface area contributed by atoms with E-state index in [1.165, 1.54) is 24.9 Å². The number of nitrogens with zero attached hydrogens (tertiary/aromatic N) is 2. The third kappa shape index (κ3) is 2.40. The molecule has 0 spiro atoms. The van der Waals surface area contributed by atoms with Crippen LogP contribution in [0.15, 0.2) is 22.9 Å². The second-order valence-electron chi connectivity index (χ2n) is 4.40. The maximum absolute atomic E-state index is 4.31. The standard InChI is InChI=1S/C12H17BrN2/c1-9(2)15-7-3-4-11(15)10-5-6-12(13)14-8-10/h5-6,8-9,11H,3-4,7H2,1-2H3/t11-/m0/s1. The van der Waals surface area contributed by atoms with Gasteiger partial charge in [0.2, 0.25) is 0 Å². The van der Waals surface area contributed by atoms with Crippen molar-refractivity contribution in [2.45, 2.75) is 38.8 Å². The van der Waals surface area contributed by atoms with Gasteiger partial charge in [-0.2, -0.15) is 0 Å². The largest absolute Gasteiger partial charge is 0.294 e. The molecule has 2 rings (SSSR count). The summed E-state index contributed by atoms with van der Waals surface area (Å²) < 4.78 is 0.917. The second kappa shape index (κ2) is 4.62. The summed E-state index contributed by atoms with van der Waals surface area (Å²) in [5.74, 6) is 0. The maximum Gasteiger partial charge on any atom is 0.106 e. The molecule has 2 heterocycles. The van der Waals surface area contributed by atoms with Crippen LogP contribution in [0.5, 0.6) is 0 Å². The predicted molar refractivity (Wildman–Crippen MR) is 65.8 cm³/mol. The third-order valence-electron chi connectivity index (χ3n) is 3.09. The Labute approximate surface area is 99.8 Å². The van der Waals surface area contributed by atoms with E-state index in [4.69, 9.17) is 0 Å². The molecule has 0 N–H and O–H groups in total. The molecule has 1 aliphatic heterocycles. The van der Waals surface area contributed by atoms with Crippen LogP contribution < -0.4 is 0 Å². The molecule has 1 fully saturated rings. The molecule has 0 aliphatic carbocycles. The van der Waals surface area contributed by atoms with Crippen molar-refractivity contribution >= 4 is 15.9 Å². The zero-order chi connectivity index (χ0) is 10.8. The fraction of sp³-hybridized carbons (Fsp3) is 0.583. The fourth-order valence-electron chi connectivity index (χ4n) is 2.35. The Balaban J connectivity index is 2.19. The molecule has 1 aliphatic rings. The van der Waals surface area contributed by atoms with E-state index in [-0.39, 0.29) is 0 Å². The third-order valence-corrected chi connectivity index (χ3v) is 3.56. The lowest BCUT2D eigenvalue weighted by molar-refractivity contribution is 0.205. The first-order valence-electron chi connectivity index (χ1n) is 5.55. The molecule has 82 valence electrons. The van der Waals surface area contributed by atoms with Gasteiger partial charge >= 0.3 is 0 Å². The lowest BCUT2D eigenvalue weighted by Gasteiger charge is -2.28. The molecular formula is C12H17BrN2. The van der Waals surface area contributed by atoms with Crippen molar-refractivity contribution in [3.05, 3.63) is 28.5 Å². The Kier molecular flexibility index (Phi) is 3.42. The highest BCUT2D eigenvalue weighted by atomic mass is 79.9. The van der Waals surface area contributed by atoms with E-state index >= 15 is 0 Å². The summed E-state index contributed by atoms with van der Waals surface area (Å²) in [7, 11) is 0. The van der Waals surface area contributed by atoms with Gasteiger partial charge in [-0.3, -0.25) is 4.90 Å². The normalized spacial score (nSPS) is 22.5. The van der Waals surface area contributed by atoms with Crippen LogP contribution in [0.3, 0.4) is 0 Å². The van der Waals surface area contributed by atoms with Crippen molar-refractivity contribution < 1.29 is 0 Å². The molecule has 3 heteroatoms. The summed E-state index contributed by atoms with van der Waals surface area (Å²) in [6, 6.07) is 5.42. The molecule has 0 radical (unpaired) electrons. The van der Waals surface area contributed by atoms with Crippen LogP contribution in [0.25, 0.3) is 0 Å².